The van der Waals surface area contributed by atoms with Crippen molar-refractivity contribution in [3.63, 3.8) is 0 Å². The van der Waals surface area contributed by atoms with Gasteiger partial charge >= 0.3 is 0 Å². The first-order valence-electron chi connectivity index (χ1n) is 9.15. The number of nitrogens with one attached hydrogen (secondary N) is 1. The van der Waals surface area contributed by atoms with Gasteiger partial charge in [-0.1, -0.05) is 54.1 Å². The smallest absolute Gasteiger partial charge is 0.255 e. The number of anilines is 1. The number of carbonyl (C=O) groups is 1. The van der Waals surface area contributed by atoms with Gasteiger partial charge in [0, 0.05) is 28.1 Å². The number of hydrogen-bond acceptors (Lipinski definition) is 3. The van der Waals surface area contributed by atoms with Crippen LogP contribution in [-0.4, -0.2) is 20.6 Å². The van der Waals surface area contributed by atoms with Gasteiger partial charge in [0.05, 0.1) is 5.75 Å². The molecule has 0 saturated carbocycles. The summed E-state index contributed by atoms with van der Waals surface area (Å²) < 4.78 is 23.0. The summed E-state index contributed by atoms with van der Waals surface area (Å²) in [7, 11) is -3.13. The van der Waals surface area contributed by atoms with Gasteiger partial charge in [-0.15, -0.1) is 0 Å². The Kier molecular flexibility index (Phi) is 6.40. The van der Waals surface area contributed by atoms with Crippen LogP contribution < -0.4 is 5.32 Å². The predicted octanol–water partition coefficient (Wildman–Crippen LogP) is 5.34. The molecule has 0 saturated heterocycles. The topological polar surface area (TPSA) is 63.2 Å². The molecule has 0 unspecified atom stereocenters. The summed E-state index contributed by atoms with van der Waals surface area (Å²) in [6, 6.07) is 10.4. The van der Waals surface area contributed by atoms with Crippen molar-refractivity contribution in [2.75, 3.05) is 11.6 Å². The number of aryl methyl sites for hydroxylation is 1. The van der Waals surface area contributed by atoms with Crippen LogP contribution in [0.15, 0.2) is 66.8 Å². The van der Waals surface area contributed by atoms with Crippen LogP contribution in [-0.2, 0) is 15.6 Å². The van der Waals surface area contributed by atoms with Crippen LogP contribution in [0.4, 0.5) is 5.69 Å². The van der Waals surface area contributed by atoms with Gasteiger partial charge in [0.25, 0.3) is 5.91 Å². The van der Waals surface area contributed by atoms with E-state index in [0.717, 1.165) is 23.1 Å². The lowest BCUT2D eigenvalue weighted by Crippen LogP contribution is -2.14. The van der Waals surface area contributed by atoms with Crippen LogP contribution in [0.1, 0.15) is 33.5 Å². The number of rotatable bonds is 5. The molecular formula is C23H22ClNO3S. The first kappa shape index (κ1) is 21.1. The van der Waals surface area contributed by atoms with E-state index in [4.69, 9.17) is 11.6 Å². The largest absolute Gasteiger partial charge is 0.322 e. The van der Waals surface area contributed by atoms with Crippen LogP contribution in [0, 0.1) is 6.92 Å². The third kappa shape index (κ3) is 5.68. The van der Waals surface area contributed by atoms with E-state index < -0.39 is 9.84 Å². The Hall–Kier alpha value is -2.63. The number of allylic oxidation sites excluding steroid dienone is 6. The molecule has 4 nitrogen and oxygen atoms in total. The van der Waals surface area contributed by atoms with E-state index in [-0.39, 0.29) is 11.7 Å². The molecule has 1 amide bonds. The van der Waals surface area contributed by atoms with Crippen molar-refractivity contribution in [3.8, 4) is 0 Å². The first-order valence-corrected chi connectivity index (χ1v) is 11.6. The Morgan fingerprint density at radius 1 is 1.14 bits per heavy atom. The average Bonchev–Trinajstić information content (AvgIpc) is 2.91. The van der Waals surface area contributed by atoms with Crippen LogP contribution in [0.5, 0.6) is 0 Å². The zero-order valence-electron chi connectivity index (χ0n) is 16.3. The van der Waals surface area contributed by atoms with E-state index in [1.807, 2.05) is 24.3 Å². The van der Waals surface area contributed by atoms with E-state index in [1.165, 1.54) is 6.26 Å². The third-order valence-electron chi connectivity index (χ3n) is 4.50. The summed E-state index contributed by atoms with van der Waals surface area (Å²) in [5.74, 6) is -0.304. The number of hydrogen-bond donors (Lipinski definition) is 1. The molecule has 0 radical (unpaired) electrons. The van der Waals surface area contributed by atoms with Crippen LogP contribution in [0.3, 0.4) is 0 Å². The van der Waals surface area contributed by atoms with Crippen LogP contribution in [0.25, 0.3) is 5.57 Å². The zero-order valence-corrected chi connectivity index (χ0v) is 17.8. The molecule has 2 aromatic rings. The highest BCUT2D eigenvalue weighted by Gasteiger charge is 2.13. The van der Waals surface area contributed by atoms with Crippen LogP contribution in [0.2, 0.25) is 5.02 Å². The van der Waals surface area contributed by atoms with Gasteiger partial charge in [-0.3, -0.25) is 4.79 Å². The number of carbonyl (C=O) groups excluding carboxylic acids is 1. The molecule has 1 aliphatic carbocycles. The van der Waals surface area contributed by atoms with Gasteiger partial charge in [0.15, 0.2) is 9.84 Å². The molecule has 29 heavy (non-hydrogen) atoms. The lowest BCUT2D eigenvalue weighted by Gasteiger charge is -2.12. The second kappa shape index (κ2) is 8.80. The molecule has 150 valence electrons. The Morgan fingerprint density at radius 3 is 2.66 bits per heavy atom. The predicted molar refractivity (Wildman–Crippen MR) is 120 cm³/mol. The minimum atomic E-state index is -3.13. The Labute approximate surface area is 176 Å². The fraction of sp³-hybridized carbons (Fsp3) is 0.174. The van der Waals surface area contributed by atoms with E-state index in [1.54, 1.807) is 37.3 Å². The van der Waals surface area contributed by atoms with E-state index in [0.29, 0.717) is 21.8 Å². The van der Waals surface area contributed by atoms with Crippen molar-refractivity contribution < 1.29 is 13.2 Å². The highest BCUT2D eigenvalue weighted by molar-refractivity contribution is 7.89. The summed E-state index contributed by atoms with van der Waals surface area (Å²) in [6.07, 6.45) is 12.1. The minimum Gasteiger partial charge on any atom is -0.322 e. The van der Waals surface area contributed by atoms with E-state index in [9.17, 15) is 13.2 Å². The van der Waals surface area contributed by atoms with Crippen molar-refractivity contribution >= 4 is 38.6 Å². The normalized spacial score (nSPS) is 13.7. The molecule has 0 heterocycles. The molecule has 0 aromatic heterocycles. The average molecular weight is 428 g/mol. The highest BCUT2D eigenvalue weighted by atomic mass is 35.5. The number of amides is 1. The van der Waals surface area contributed by atoms with Gasteiger partial charge in [0.2, 0.25) is 0 Å². The molecule has 0 bridgehead atoms. The van der Waals surface area contributed by atoms with Gasteiger partial charge in [0.1, 0.15) is 0 Å². The summed E-state index contributed by atoms with van der Waals surface area (Å²) in [5.41, 5.74) is 4.37. The van der Waals surface area contributed by atoms with E-state index in [2.05, 4.69) is 17.5 Å². The molecule has 1 aliphatic rings. The molecule has 0 atom stereocenters. The quantitative estimate of drug-likeness (QED) is 0.700. The molecule has 1 N–H and O–H groups in total. The van der Waals surface area contributed by atoms with Gasteiger partial charge in [-0.05, 0) is 54.3 Å². The molecule has 0 fully saturated rings. The summed E-state index contributed by atoms with van der Waals surface area (Å²) in [4.78, 5) is 12.8. The number of halogens is 1. The molecule has 6 heteroatoms. The van der Waals surface area contributed by atoms with Crippen molar-refractivity contribution in [2.24, 2.45) is 0 Å². The zero-order chi connectivity index (χ0) is 21.0. The Bertz CT molecular complexity index is 1140. The molecule has 0 aliphatic heterocycles. The maximum Gasteiger partial charge on any atom is 0.255 e. The maximum absolute atomic E-state index is 12.8. The maximum atomic E-state index is 12.8. The lowest BCUT2D eigenvalue weighted by molar-refractivity contribution is 0.102. The second-order valence-corrected chi connectivity index (χ2v) is 9.60. The summed E-state index contributed by atoms with van der Waals surface area (Å²) >= 11 is 6.37. The van der Waals surface area contributed by atoms with Gasteiger partial charge in [-0.25, -0.2) is 8.42 Å². The first-order chi connectivity index (χ1) is 13.7. The third-order valence-corrected chi connectivity index (χ3v) is 5.68. The molecule has 3 rings (SSSR count). The fourth-order valence-corrected chi connectivity index (χ4v) is 4.19. The van der Waals surface area contributed by atoms with Gasteiger partial charge < -0.3 is 5.32 Å². The lowest BCUT2D eigenvalue weighted by atomic mass is 10.0. The Morgan fingerprint density at radius 2 is 1.93 bits per heavy atom. The summed E-state index contributed by atoms with van der Waals surface area (Å²) in [5, 5.41) is 3.52. The SMILES string of the molecule is Cc1cc(CS(C)(=O)=O)ccc1C(=O)Nc1ccc(Cl)c(C2=CCC=CC=C2)c1. The van der Waals surface area contributed by atoms with E-state index >= 15 is 0 Å². The van der Waals surface area contributed by atoms with Crippen LogP contribution >= 0.6 is 11.6 Å². The standard InChI is InChI=1S/C23H22ClNO3S/c1-16-13-17(15-29(2,27)28)9-11-20(16)23(26)25-19-10-12-22(24)21(14-19)18-7-5-3-4-6-8-18/h3-5,7-14H,6,15H2,1-2H3,(H,25,26). The number of sulfone groups is 1. The minimum absolute atomic E-state index is 0.0478. The molecule has 2 aromatic carbocycles. The van der Waals surface area contributed by atoms with Crippen molar-refractivity contribution in [1.82, 2.24) is 0 Å². The molecule has 0 spiro atoms. The second-order valence-electron chi connectivity index (χ2n) is 7.05. The number of benzene rings is 2. The monoisotopic (exact) mass is 427 g/mol. The Balaban J connectivity index is 1.82. The molecular weight excluding hydrogens is 406 g/mol. The van der Waals surface area contributed by atoms with Crippen molar-refractivity contribution in [1.29, 1.82) is 0 Å². The van der Waals surface area contributed by atoms with Gasteiger partial charge in [-0.2, -0.15) is 0 Å². The fourth-order valence-electron chi connectivity index (χ4n) is 3.17. The highest BCUT2D eigenvalue weighted by Crippen LogP contribution is 2.29. The van der Waals surface area contributed by atoms with Crippen molar-refractivity contribution in [2.45, 2.75) is 19.1 Å². The van der Waals surface area contributed by atoms with Crippen molar-refractivity contribution in [3.05, 3.63) is 94.1 Å². The summed E-state index contributed by atoms with van der Waals surface area (Å²) in [6.45, 7) is 1.79.